The Morgan fingerprint density at radius 2 is 1.78 bits per heavy atom. The highest BCUT2D eigenvalue weighted by atomic mass is 35.5. The van der Waals surface area contributed by atoms with Crippen molar-refractivity contribution in [2.45, 2.75) is 6.18 Å². The Kier molecular flexibility index (Phi) is 4.84. The van der Waals surface area contributed by atoms with E-state index in [-0.39, 0.29) is 16.3 Å². The van der Waals surface area contributed by atoms with Crippen LogP contribution in [0.15, 0.2) is 30.3 Å². The Bertz CT molecular complexity index is 748. The number of hydrogen-bond donors (Lipinski definition) is 0. The number of ether oxygens (including phenoxy) is 1. The van der Waals surface area contributed by atoms with Crippen LogP contribution in [-0.2, 0) is 0 Å². The van der Waals surface area contributed by atoms with Crippen molar-refractivity contribution in [3.63, 3.8) is 0 Å². The zero-order valence-corrected chi connectivity index (χ0v) is 11.9. The minimum atomic E-state index is -4.68. The summed E-state index contributed by atoms with van der Waals surface area (Å²) in [5, 5.41) is -0.313. The highest BCUT2D eigenvalue weighted by Crippen LogP contribution is 2.22. The molecule has 0 aliphatic heterocycles. The van der Waals surface area contributed by atoms with Gasteiger partial charge in [0, 0.05) is 5.56 Å². The summed E-state index contributed by atoms with van der Waals surface area (Å²) >= 11 is 5.54. The maximum atomic E-state index is 13.4. The van der Waals surface area contributed by atoms with E-state index in [0.29, 0.717) is 0 Å². The molecule has 0 amide bonds. The summed E-state index contributed by atoms with van der Waals surface area (Å²) in [7, 11) is 0. The predicted octanol–water partition coefficient (Wildman–Crippen LogP) is 4.19. The highest BCUT2D eigenvalue weighted by Gasteiger charge is 2.29. The standard InChI is InChI=1S/C14H7ClF5NO2/c15-8-5-7(1-2-9(8)16)12(22)11-4-3-10(17)13(21-11)23-6-14(18,19)20/h1-5H,6H2. The van der Waals surface area contributed by atoms with Crippen molar-refractivity contribution in [3.05, 3.63) is 58.2 Å². The Balaban J connectivity index is 2.29. The summed E-state index contributed by atoms with van der Waals surface area (Å²) in [6.07, 6.45) is -4.68. The summed E-state index contributed by atoms with van der Waals surface area (Å²) in [5.74, 6) is -3.63. The van der Waals surface area contributed by atoms with Gasteiger partial charge in [-0.2, -0.15) is 13.2 Å². The van der Waals surface area contributed by atoms with E-state index in [1.807, 2.05) is 0 Å². The molecule has 2 aromatic rings. The molecule has 1 aromatic carbocycles. The van der Waals surface area contributed by atoms with E-state index in [0.717, 1.165) is 30.3 Å². The Labute approximate surface area is 131 Å². The third-order valence-corrected chi connectivity index (χ3v) is 2.89. The molecule has 9 heteroatoms. The number of hydrogen-bond acceptors (Lipinski definition) is 3. The van der Waals surface area contributed by atoms with Gasteiger partial charge in [0.2, 0.25) is 5.78 Å². The monoisotopic (exact) mass is 351 g/mol. The fourth-order valence-electron chi connectivity index (χ4n) is 1.59. The number of aromatic nitrogens is 1. The summed E-state index contributed by atoms with van der Waals surface area (Å²) in [5.41, 5.74) is -0.427. The molecule has 0 bridgehead atoms. The molecule has 0 saturated heterocycles. The first-order valence-electron chi connectivity index (χ1n) is 6.03. The van der Waals surface area contributed by atoms with Crippen molar-refractivity contribution >= 4 is 17.4 Å². The van der Waals surface area contributed by atoms with Crippen molar-refractivity contribution in [3.8, 4) is 5.88 Å². The third kappa shape index (κ3) is 4.38. The van der Waals surface area contributed by atoms with Crippen molar-refractivity contribution in [1.82, 2.24) is 4.98 Å². The Morgan fingerprint density at radius 3 is 2.39 bits per heavy atom. The molecular weight excluding hydrogens is 345 g/mol. The van der Waals surface area contributed by atoms with Gasteiger partial charge in [0.05, 0.1) is 5.02 Å². The number of nitrogens with zero attached hydrogens (tertiary/aromatic N) is 1. The highest BCUT2D eigenvalue weighted by molar-refractivity contribution is 6.31. The average molecular weight is 352 g/mol. The van der Waals surface area contributed by atoms with Gasteiger partial charge in [-0.15, -0.1) is 0 Å². The zero-order chi connectivity index (χ0) is 17.2. The first-order chi connectivity index (χ1) is 10.7. The molecule has 0 spiro atoms. The maximum Gasteiger partial charge on any atom is 0.422 e. The molecule has 3 nitrogen and oxygen atoms in total. The number of carbonyl (C=O) groups is 1. The Morgan fingerprint density at radius 1 is 1.13 bits per heavy atom. The van der Waals surface area contributed by atoms with Crippen LogP contribution in [0, 0.1) is 11.6 Å². The summed E-state index contributed by atoms with van der Waals surface area (Å²) in [4.78, 5) is 15.6. The van der Waals surface area contributed by atoms with Gasteiger partial charge >= 0.3 is 6.18 Å². The van der Waals surface area contributed by atoms with E-state index >= 15 is 0 Å². The smallest absolute Gasteiger partial charge is 0.422 e. The average Bonchev–Trinajstić information content (AvgIpc) is 2.47. The number of ketones is 1. The lowest BCUT2D eigenvalue weighted by molar-refractivity contribution is -0.154. The van der Waals surface area contributed by atoms with Crippen LogP contribution in [0.2, 0.25) is 5.02 Å². The van der Waals surface area contributed by atoms with Gasteiger partial charge in [0.1, 0.15) is 11.5 Å². The molecule has 0 aliphatic rings. The molecule has 2 rings (SSSR count). The minimum absolute atomic E-state index is 0.0581. The molecular formula is C14H7ClF5NO2. The summed E-state index contributed by atoms with van der Waals surface area (Å²) in [6.45, 7) is -1.75. The number of rotatable bonds is 4. The molecule has 0 radical (unpaired) electrons. The molecule has 0 saturated carbocycles. The summed E-state index contributed by atoms with van der Waals surface area (Å²) < 4.78 is 66.9. The second kappa shape index (κ2) is 6.49. The van der Waals surface area contributed by atoms with Crippen LogP contribution in [0.1, 0.15) is 16.1 Å². The van der Waals surface area contributed by atoms with Crippen LogP contribution in [0.25, 0.3) is 0 Å². The molecule has 0 unspecified atom stereocenters. The second-order valence-corrected chi connectivity index (χ2v) is 4.75. The number of halogens is 6. The van der Waals surface area contributed by atoms with Gasteiger partial charge in [0.15, 0.2) is 12.4 Å². The maximum absolute atomic E-state index is 13.4. The molecule has 122 valence electrons. The molecule has 0 fully saturated rings. The van der Waals surface area contributed by atoms with Gasteiger partial charge in [-0.3, -0.25) is 4.79 Å². The van der Waals surface area contributed by atoms with Gasteiger partial charge in [-0.25, -0.2) is 13.8 Å². The first-order valence-corrected chi connectivity index (χ1v) is 6.41. The van der Waals surface area contributed by atoms with Crippen molar-refractivity contribution in [1.29, 1.82) is 0 Å². The normalized spacial score (nSPS) is 11.4. The third-order valence-electron chi connectivity index (χ3n) is 2.60. The van der Waals surface area contributed by atoms with Gasteiger partial charge in [-0.1, -0.05) is 11.6 Å². The molecule has 1 aromatic heterocycles. The quantitative estimate of drug-likeness (QED) is 0.612. The van der Waals surface area contributed by atoms with Crippen LogP contribution < -0.4 is 4.74 Å². The number of carbonyl (C=O) groups excluding carboxylic acids is 1. The number of benzene rings is 1. The van der Waals surface area contributed by atoms with Gasteiger partial charge < -0.3 is 4.74 Å². The van der Waals surface area contributed by atoms with Gasteiger partial charge in [-0.05, 0) is 30.3 Å². The molecule has 23 heavy (non-hydrogen) atoms. The number of alkyl halides is 3. The van der Waals surface area contributed by atoms with Crippen molar-refractivity contribution in [2.24, 2.45) is 0 Å². The lowest BCUT2D eigenvalue weighted by Gasteiger charge is -2.10. The largest absolute Gasteiger partial charge is 0.466 e. The van der Waals surface area contributed by atoms with Crippen LogP contribution in [0.3, 0.4) is 0 Å². The van der Waals surface area contributed by atoms with E-state index in [4.69, 9.17) is 11.6 Å². The SMILES string of the molecule is O=C(c1ccc(F)c(Cl)c1)c1ccc(F)c(OCC(F)(F)F)n1. The fourth-order valence-corrected chi connectivity index (χ4v) is 1.77. The van der Waals surface area contributed by atoms with Crippen molar-refractivity contribution < 1.29 is 31.5 Å². The van der Waals surface area contributed by atoms with Crippen molar-refractivity contribution in [2.75, 3.05) is 6.61 Å². The van der Waals surface area contributed by atoms with E-state index in [1.165, 1.54) is 0 Å². The van der Waals surface area contributed by atoms with E-state index in [9.17, 15) is 26.7 Å². The van der Waals surface area contributed by atoms with Gasteiger partial charge in [0.25, 0.3) is 5.88 Å². The zero-order valence-electron chi connectivity index (χ0n) is 11.1. The van der Waals surface area contributed by atoms with E-state index in [2.05, 4.69) is 9.72 Å². The van der Waals surface area contributed by atoms with Crippen LogP contribution >= 0.6 is 11.6 Å². The van der Waals surface area contributed by atoms with E-state index < -0.39 is 36.1 Å². The van der Waals surface area contributed by atoms with Crippen LogP contribution in [0.4, 0.5) is 22.0 Å². The lowest BCUT2D eigenvalue weighted by Crippen LogP contribution is -2.20. The van der Waals surface area contributed by atoms with E-state index in [1.54, 1.807) is 0 Å². The fraction of sp³-hybridized carbons (Fsp3) is 0.143. The summed E-state index contributed by atoms with van der Waals surface area (Å²) in [6, 6.07) is 4.80. The van der Waals surface area contributed by atoms with Crippen LogP contribution in [0.5, 0.6) is 5.88 Å². The topological polar surface area (TPSA) is 39.2 Å². The second-order valence-electron chi connectivity index (χ2n) is 4.35. The minimum Gasteiger partial charge on any atom is -0.466 e. The molecule has 0 N–H and O–H groups in total. The number of pyridine rings is 1. The first kappa shape index (κ1) is 17.1. The lowest BCUT2D eigenvalue weighted by atomic mass is 10.1. The van der Waals surface area contributed by atoms with Crippen LogP contribution in [-0.4, -0.2) is 23.6 Å². The predicted molar refractivity (Wildman–Crippen MR) is 70.6 cm³/mol. The molecule has 1 heterocycles. The Hall–Kier alpha value is -2.22. The molecule has 0 atom stereocenters. The molecule has 0 aliphatic carbocycles.